The van der Waals surface area contributed by atoms with Gasteiger partial charge in [-0.15, -0.1) is 0 Å². The highest BCUT2D eigenvalue weighted by Gasteiger charge is 2.27. The van der Waals surface area contributed by atoms with Gasteiger partial charge < -0.3 is 9.84 Å². The fourth-order valence-electron chi connectivity index (χ4n) is 1.83. The first-order valence-electron chi connectivity index (χ1n) is 5.90. The van der Waals surface area contributed by atoms with Crippen molar-refractivity contribution in [1.82, 2.24) is 4.90 Å². The molecular formula is C12H25NO3. The SMILES string of the molecule is CCC(C)N(CC(=O)O)C(COC)C(C)C. The Bertz CT molecular complexity index is 206. The number of nitrogens with zero attached hydrogens (tertiary/aromatic N) is 1. The molecule has 0 radical (unpaired) electrons. The number of hydrogen-bond donors (Lipinski definition) is 1. The normalized spacial score (nSPS) is 15.4. The van der Waals surface area contributed by atoms with Crippen molar-refractivity contribution in [2.45, 2.75) is 46.2 Å². The van der Waals surface area contributed by atoms with Gasteiger partial charge in [0.25, 0.3) is 0 Å². The molecule has 0 heterocycles. The molecular weight excluding hydrogens is 206 g/mol. The lowest BCUT2D eigenvalue weighted by molar-refractivity contribution is -0.140. The first kappa shape index (κ1) is 15.4. The fraction of sp³-hybridized carbons (Fsp3) is 0.917. The molecule has 1 N–H and O–H groups in total. The van der Waals surface area contributed by atoms with Crippen LogP contribution < -0.4 is 0 Å². The highest BCUT2D eigenvalue weighted by Crippen LogP contribution is 2.16. The number of carboxylic acids is 1. The minimum atomic E-state index is -0.776. The minimum Gasteiger partial charge on any atom is -0.480 e. The van der Waals surface area contributed by atoms with Gasteiger partial charge in [-0.05, 0) is 19.3 Å². The van der Waals surface area contributed by atoms with E-state index >= 15 is 0 Å². The number of aliphatic carboxylic acids is 1. The summed E-state index contributed by atoms with van der Waals surface area (Å²) in [7, 11) is 1.66. The number of carbonyl (C=O) groups is 1. The van der Waals surface area contributed by atoms with Crippen LogP contribution in [-0.2, 0) is 9.53 Å². The highest BCUT2D eigenvalue weighted by molar-refractivity contribution is 5.69. The lowest BCUT2D eigenvalue weighted by Gasteiger charge is -2.37. The summed E-state index contributed by atoms with van der Waals surface area (Å²) in [4.78, 5) is 12.9. The molecule has 0 saturated heterocycles. The maximum atomic E-state index is 10.9. The molecule has 0 bridgehead atoms. The Morgan fingerprint density at radius 1 is 1.38 bits per heavy atom. The van der Waals surface area contributed by atoms with Crippen LogP contribution >= 0.6 is 0 Å². The number of rotatable bonds is 8. The standard InChI is InChI=1S/C12H25NO3/c1-6-10(4)13(7-12(14)15)11(8-16-5)9(2)3/h9-11H,6-8H2,1-5H3,(H,14,15). The lowest BCUT2D eigenvalue weighted by atomic mass is 10.0. The van der Waals surface area contributed by atoms with Crippen LogP contribution in [0.5, 0.6) is 0 Å². The molecule has 0 rings (SSSR count). The maximum Gasteiger partial charge on any atom is 0.317 e. The van der Waals surface area contributed by atoms with E-state index in [1.54, 1.807) is 7.11 Å². The average molecular weight is 231 g/mol. The van der Waals surface area contributed by atoms with Crippen LogP contribution in [0, 0.1) is 5.92 Å². The van der Waals surface area contributed by atoms with E-state index in [4.69, 9.17) is 9.84 Å². The van der Waals surface area contributed by atoms with Crippen LogP contribution in [0.15, 0.2) is 0 Å². The van der Waals surface area contributed by atoms with Crippen molar-refractivity contribution in [3.63, 3.8) is 0 Å². The Labute approximate surface area is 98.6 Å². The molecule has 96 valence electrons. The third-order valence-corrected chi connectivity index (χ3v) is 3.01. The summed E-state index contributed by atoms with van der Waals surface area (Å²) in [6.45, 7) is 9.00. The Morgan fingerprint density at radius 3 is 2.25 bits per heavy atom. The van der Waals surface area contributed by atoms with E-state index in [-0.39, 0.29) is 18.6 Å². The van der Waals surface area contributed by atoms with Gasteiger partial charge in [0.15, 0.2) is 0 Å². The van der Waals surface area contributed by atoms with E-state index in [2.05, 4.69) is 27.7 Å². The van der Waals surface area contributed by atoms with Crippen molar-refractivity contribution in [1.29, 1.82) is 0 Å². The topological polar surface area (TPSA) is 49.8 Å². The van der Waals surface area contributed by atoms with Gasteiger partial charge in [-0.3, -0.25) is 9.69 Å². The Kier molecular flexibility index (Phi) is 7.34. The van der Waals surface area contributed by atoms with Crippen LogP contribution in [-0.4, -0.2) is 48.3 Å². The van der Waals surface area contributed by atoms with Crippen molar-refractivity contribution in [3.8, 4) is 0 Å². The molecule has 0 amide bonds. The molecule has 4 heteroatoms. The number of carboxylic acid groups (broad SMARTS) is 1. The molecule has 0 aliphatic rings. The fourth-order valence-corrected chi connectivity index (χ4v) is 1.83. The monoisotopic (exact) mass is 231 g/mol. The van der Waals surface area contributed by atoms with Crippen molar-refractivity contribution >= 4 is 5.97 Å². The van der Waals surface area contributed by atoms with Gasteiger partial charge in [-0.25, -0.2) is 0 Å². The van der Waals surface area contributed by atoms with Crippen molar-refractivity contribution in [3.05, 3.63) is 0 Å². The Morgan fingerprint density at radius 2 is 1.94 bits per heavy atom. The predicted molar refractivity (Wildman–Crippen MR) is 64.6 cm³/mol. The second-order valence-electron chi connectivity index (χ2n) is 4.59. The summed E-state index contributed by atoms with van der Waals surface area (Å²) in [5.74, 6) is -0.393. The van der Waals surface area contributed by atoms with Crippen molar-refractivity contribution in [2.24, 2.45) is 5.92 Å². The maximum absolute atomic E-state index is 10.9. The predicted octanol–water partition coefficient (Wildman–Crippen LogP) is 1.84. The molecule has 0 spiro atoms. The van der Waals surface area contributed by atoms with Crippen LogP contribution in [0.25, 0.3) is 0 Å². The van der Waals surface area contributed by atoms with Crippen LogP contribution in [0.1, 0.15) is 34.1 Å². The van der Waals surface area contributed by atoms with Gasteiger partial charge in [0.1, 0.15) is 0 Å². The second kappa shape index (κ2) is 7.63. The molecule has 0 aliphatic carbocycles. The summed E-state index contributed by atoms with van der Waals surface area (Å²) in [5, 5.41) is 8.94. The molecule has 2 atom stereocenters. The van der Waals surface area contributed by atoms with Gasteiger partial charge in [0, 0.05) is 19.2 Å². The van der Waals surface area contributed by atoms with E-state index in [9.17, 15) is 4.79 Å². The summed E-state index contributed by atoms with van der Waals surface area (Å²) in [6.07, 6.45) is 0.945. The smallest absolute Gasteiger partial charge is 0.317 e. The van der Waals surface area contributed by atoms with Gasteiger partial charge >= 0.3 is 5.97 Å². The molecule has 0 saturated carbocycles. The molecule has 0 aromatic carbocycles. The van der Waals surface area contributed by atoms with E-state index in [0.29, 0.717) is 12.5 Å². The van der Waals surface area contributed by atoms with E-state index in [0.717, 1.165) is 6.42 Å². The zero-order valence-electron chi connectivity index (χ0n) is 11.1. The van der Waals surface area contributed by atoms with Crippen molar-refractivity contribution < 1.29 is 14.6 Å². The second-order valence-corrected chi connectivity index (χ2v) is 4.59. The summed E-state index contributed by atoms with van der Waals surface area (Å²) in [6, 6.07) is 0.426. The van der Waals surface area contributed by atoms with Crippen molar-refractivity contribution in [2.75, 3.05) is 20.3 Å². The first-order valence-corrected chi connectivity index (χ1v) is 5.90. The summed E-state index contributed by atoms with van der Waals surface area (Å²) < 4.78 is 5.19. The minimum absolute atomic E-state index is 0.0845. The number of methoxy groups -OCH3 is 1. The van der Waals surface area contributed by atoms with Crippen LogP contribution in [0.2, 0.25) is 0 Å². The van der Waals surface area contributed by atoms with Crippen LogP contribution in [0.4, 0.5) is 0 Å². The lowest BCUT2D eigenvalue weighted by Crippen LogP contribution is -2.49. The molecule has 0 aromatic rings. The Balaban J connectivity index is 4.72. The van der Waals surface area contributed by atoms with Gasteiger partial charge in [0.05, 0.1) is 13.2 Å². The first-order chi connectivity index (χ1) is 7.43. The van der Waals surface area contributed by atoms with Gasteiger partial charge in [-0.1, -0.05) is 20.8 Å². The van der Waals surface area contributed by atoms with Gasteiger partial charge in [0.2, 0.25) is 0 Å². The third kappa shape index (κ3) is 4.94. The Hall–Kier alpha value is -0.610. The molecule has 0 aliphatic heterocycles. The average Bonchev–Trinajstić information content (AvgIpc) is 2.21. The van der Waals surface area contributed by atoms with Gasteiger partial charge in [-0.2, -0.15) is 0 Å². The zero-order valence-corrected chi connectivity index (χ0v) is 11.1. The quantitative estimate of drug-likeness (QED) is 0.692. The molecule has 0 aromatic heterocycles. The largest absolute Gasteiger partial charge is 0.480 e. The van der Waals surface area contributed by atoms with E-state index in [1.807, 2.05) is 4.90 Å². The van der Waals surface area contributed by atoms with Crippen LogP contribution in [0.3, 0.4) is 0 Å². The molecule has 2 unspecified atom stereocenters. The molecule has 0 fully saturated rings. The highest BCUT2D eigenvalue weighted by atomic mass is 16.5. The molecule has 16 heavy (non-hydrogen) atoms. The molecule has 4 nitrogen and oxygen atoms in total. The number of hydrogen-bond acceptors (Lipinski definition) is 3. The van der Waals surface area contributed by atoms with E-state index < -0.39 is 5.97 Å². The zero-order chi connectivity index (χ0) is 12.7. The number of ether oxygens (including phenoxy) is 1. The summed E-state index contributed by atoms with van der Waals surface area (Å²) >= 11 is 0. The third-order valence-electron chi connectivity index (χ3n) is 3.01. The van der Waals surface area contributed by atoms with E-state index in [1.165, 1.54) is 0 Å². The summed E-state index contributed by atoms with van der Waals surface area (Å²) in [5.41, 5.74) is 0.